The second kappa shape index (κ2) is 5.11. The van der Waals surface area contributed by atoms with E-state index in [1.165, 1.54) is 0 Å². The third kappa shape index (κ3) is 3.19. The molecular weight excluding hydrogens is 246 g/mol. The van der Waals surface area contributed by atoms with E-state index < -0.39 is 11.3 Å². The Morgan fingerprint density at radius 3 is 2.63 bits per heavy atom. The number of nitrogens with zero attached hydrogens (tertiary/aromatic N) is 1. The zero-order valence-corrected chi connectivity index (χ0v) is 11.0. The Bertz CT molecular complexity index is 484. The van der Waals surface area contributed by atoms with Crippen LogP contribution in [0.4, 0.5) is 0 Å². The summed E-state index contributed by atoms with van der Waals surface area (Å²) in [6, 6.07) is 0. The second-order valence-corrected chi connectivity index (χ2v) is 4.89. The fraction of sp³-hybridized carbons (Fsp3) is 0.429. The topological polar surface area (TPSA) is 61.6 Å². The molecule has 0 bridgehead atoms. The number of nitro groups is 1. The SMILES string of the molecule is CC1(/C=C/C2=CC=CC(C)([N+](=O)[O-])C=C2)OCCO1. The third-order valence-corrected chi connectivity index (χ3v) is 3.17. The van der Waals surface area contributed by atoms with Crippen molar-refractivity contribution in [2.24, 2.45) is 0 Å². The van der Waals surface area contributed by atoms with Crippen LogP contribution in [-0.2, 0) is 9.47 Å². The van der Waals surface area contributed by atoms with Gasteiger partial charge in [0.2, 0.25) is 0 Å². The van der Waals surface area contributed by atoms with Gasteiger partial charge in [0.25, 0.3) is 5.54 Å². The van der Waals surface area contributed by atoms with Crippen molar-refractivity contribution in [2.75, 3.05) is 13.2 Å². The van der Waals surface area contributed by atoms with Crippen molar-refractivity contribution in [1.82, 2.24) is 0 Å². The molecule has 5 heteroatoms. The lowest BCUT2D eigenvalue weighted by atomic mass is 10.0. The first kappa shape index (κ1) is 13.7. The molecule has 2 aliphatic rings. The normalized spacial score (nSPS) is 29.5. The molecule has 2 rings (SSSR count). The predicted molar refractivity (Wildman–Crippen MR) is 71.2 cm³/mol. The van der Waals surface area contributed by atoms with Gasteiger partial charge in [0.15, 0.2) is 5.79 Å². The number of ether oxygens (including phenoxy) is 2. The average Bonchev–Trinajstić information content (AvgIpc) is 2.69. The number of hydrogen-bond donors (Lipinski definition) is 0. The molecule has 0 spiro atoms. The van der Waals surface area contributed by atoms with Gasteiger partial charge < -0.3 is 9.47 Å². The van der Waals surface area contributed by atoms with E-state index in [1.807, 2.05) is 25.2 Å². The van der Waals surface area contributed by atoms with Crippen molar-refractivity contribution in [3.8, 4) is 0 Å². The van der Waals surface area contributed by atoms with Gasteiger partial charge in [-0.15, -0.1) is 0 Å². The van der Waals surface area contributed by atoms with Gasteiger partial charge in [-0.3, -0.25) is 10.1 Å². The molecule has 0 radical (unpaired) electrons. The largest absolute Gasteiger partial charge is 0.344 e. The molecule has 1 aliphatic carbocycles. The number of allylic oxidation sites excluding steroid dienone is 5. The van der Waals surface area contributed by atoms with Crippen LogP contribution < -0.4 is 0 Å². The van der Waals surface area contributed by atoms with Gasteiger partial charge in [-0.2, -0.15) is 0 Å². The molecule has 1 atom stereocenters. The Hall–Kier alpha value is -1.72. The average molecular weight is 263 g/mol. The first-order valence-electron chi connectivity index (χ1n) is 6.14. The minimum absolute atomic E-state index is 0.314. The van der Waals surface area contributed by atoms with Crippen molar-refractivity contribution < 1.29 is 14.4 Å². The van der Waals surface area contributed by atoms with E-state index in [0.717, 1.165) is 5.57 Å². The maximum absolute atomic E-state index is 11.0. The lowest BCUT2D eigenvalue weighted by molar-refractivity contribution is -0.535. The van der Waals surface area contributed by atoms with E-state index in [-0.39, 0.29) is 4.92 Å². The van der Waals surface area contributed by atoms with E-state index in [1.54, 1.807) is 31.2 Å². The van der Waals surface area contributed by atoms with Gasteiger partial charge in [-0.25, -0.2) is 0 Å². The van der Waals surface area contributed by atoms with Crippen molar-refractivity contribution in [3.05, 3.63) is 58.2 Å². The first-order valence-corrected chi connectivity index (χ1v) is 6.14. The van der Waals surface area contributed by atoms with Gasteiger partial charge in [0.1, 0.15) is 0 Å². The predicted octanol–water partition coefficient (Wildman–Crippen LogP) is 2.39. The van der Waals surface area contributed by atoms with Gasteiger partial charge in [-0.05, 0) is 30.7 Å². The molecule has 0 N–H and O–H groups in total. The molecule has 0 aromatic heterocycles. The molecule has 1 heterocycles. The Kier molecular flexibility index (Phi) is 3.68. The Balaban J connectivity index is 2.11. The van der Waals surface area contributed by atoms with Crippen LogP contribution in [-0.4, -0.2) is 29.5 Å². The quantitative estimate of drug-likeness (QED) is 0.579. The van der Waals surface area contributed by atoms with E-state index in [2.05, 4.69) is 0 Å². The van der Waals surface area contributed by atoms with E-state index >= 15 is 0 Å². The van der Waals surface area contributed by atoms with Gasteiger partial charge >= 0.3 is 0 Å². The fourth-order valence-electron chi connectivity index (χ4n) is 1.84. The van der Waals surface area contributed by atoms with Crippen LogP contribution in [0.1, 0.15) is 13.8 Å². The summed E-state index contributed by atoms with van der Waals surface area (Å²) in [6.07, 6.45) is 12.1. The van der Waals surface area contributed by atoms with Gasteiger partial charge in [0, 0.05) is 11.8 Å². The first-order chi connectivity index (χ1) is 8.94. The number of rotatable bonds is 3. The number of hydrogen-bond acceptors (Lipinski definition) is 4. The van der Waals surface area contributed by atoms with Crippen LogP contribution in [0, 0.1) is 10.1 Å². The second-order valence-electron chi connectivity index (χ2n) is 4.89. The van der Waals surface area contributed by atoms with Crippen LogP contribution >= 0.6 is 0 Å². The summed E-state index contributed by atoms with van der Waals surface area (Å²) in [4.78, 5) is 10.7. The van der Waals surface area contributed by atoms with Crippen molar-refractivity contribution >= 4 is 0 Å². The highest BCUT2D eigenvalue weighted by atomic mass is 16.7. The summed E-state index contributed by atoms with van der Waals surface area (Å²) in [5.74, 6) is -0.697. The zero-order chi connectivity index (χ0) is 13.9. The highest BCUT2D eigenvalue weighted by Gasteiger charge is 2.31. The monoisotopic (exact) mass is 263 g/mol. The van der Waals surface area contributed by atoms with Crippen LogP contribution in [0.2, 0.25) is 0 Å². The van der Waals surface area contributed by atoms with Gasteiger partial charge in [0.05, 0.1) is 13.2 Å². The summed E-state index contributed by atoms with van der Waals surface area (Å²) in [5, 5.41) is 11.0. The van der Waals surface area contributed by atoms with E-state index in [9.17, 15) is 10.1 Å². The molecular formula is C14H17NO4. The Morgan fingerprint density at radius 2 is 2.00 bits per heavy atom. The van der Waals surface area contributed by atoms with E-state index in [4.69, 9.17) is 9.47 Å². The minimum Gasteiger partial charge on any atom is -0.344 e. The summed E-state index contributed by atoms with van der Waals surface area (Å²) in [7, 11) is 0. The standard InChI is InChI=1S/C14H17NO4/c1-13(15(16)17)7-3-4-12(5-8-13)6-9-14(2)18-10-11-19-14/h3-9H,10-11H2,1-2H3/b9-6+. The molecule has 5 nitrogen and oxygen atoms in total. The maximum Gasteiger partial charge on any atom is 0.256 e. The smallest absolute Gasteiger partial charge is 0.256 e. The molecule has 1 saturated heterocycles. The van der Waals surface area contributed by atoms with Crippen molar-refractivity contribution in [1.29, 1.82) is 0 Å². The van der Waals surface area contributed by atoms with Crippen LogP contribution in [0.15, 0.2) is 48.1 Å². The van der Waals surface area contributed by atoms with Crippen molar-refractivity contribution in [2.45, 2.75) is 25.2 Å². The summed E-state index contributed by atoms with van der Waals surface area (Å²) in [6.45, 7) is 4.56. The summed E-state index contributed by atoms with van der Waals surface area (Å²) < 4.78 is 10.9. The third-order valence-electron chi connectivity index (χ3n) is 3.17. The molecule has 19 heavy (non-hydrogen) atoms. The fourth-order valence-corrected chi connectivity index (χ4v) is 1.84. The van der Waals surface area contributed by atoms with E-state index in [0.29, 0.717) is 13.2 Å². The molecule has 0 aromatic rings. The highest BCUT2D eigenvalue weighted by Crippen LogP contribution is 2.22. The Labute approximate surface area is 112 Å². The van der Waals surface area contributed by atoms with Crippen molar-refractivity contribution in [3.63, 3.8) is 0 Å². The molecule has 1 unspecified atom stereocenters. The lowest BCUT2D eigenvalue weighted by Gasteiger charge is -2.17. The van der Waals surface area contributed by atoms with Gasteiger partial charge in [-0.1, -0.05) is 24.3 Å². The Morgan fingerprint density at radius 1 is 1.32 bits per heavy atom. The summed E-state index contributed by atoms with van der Waals surface area (Å²) in [5.41, 5.74) is -0.293. The molecule has 0 aromatic carbocycles. The summed E-state index contributed by atoms with van der Waals surface area (Å²) >= 11 is 0. The maximum atomic E-state index is 11.0. The lowest BCUT2D eigenvalue weighted by Crippen LogP contribution is -2.29. The molecule has 1 aliphatic heterocycles. The molecule has 0 saturated carbocycles. The van der Waals surface area contributed by atoms with Crippen LogP contribution in [0.5, 0.6) is 0 Å². The highest BCUT2D eigenvalue weighted by molar-refractivity contribution is 5.39. The van der Waals surface area contributed by atoms with Crippen LogP contribution in [0.3, 0.4) is 0 Å². The van der Waals surface area contributed by atoms with Crippen LogP contribution in [0.25, 0.3) is 0 Å². The zero-order valence-electron chi connectivity index (χ0n) is 11.0. The molecule has 102 valence electrons. The molecule has 1 fully saturated rings. The molecule has 0 amide bonds. The minimum atomic E-state index is -1.16.